The molecule has 0 amide bonds. The number of carboxylic acids is 1. The Morgan fingerprint density at radius 3 is 3.12 bits per heavy atom. The molecular formula is C11H13NO4. The Morgan fingerprint density at radius 2 is 2.50 bits per heavy atom. The van der Waals surface area contributed by atoms with Gasteiger partial charge in [0, 0.05) is 6.20 Å². The van der Waals surface area contributed by atoms with E-state index in [0.29, 0.717) is 5.69 Å². The molecule has 0 aliphatic carbocycles. The normalized spacial score (nSPS) is 29.2. The van der Waals surface area contributed by atoms with Crippen LogP contribution in [0.25, 0.3) is 0 Å². The van der Waals surface area contributed by atoms with Gasteiger partial charge < -0.3 is 14.6 Å². The summed E-state index contributed by atoms with van der Waals surface area (Å²) in [6.07, 6.45) is 1.18. The van der Waals surface area contributed by atoms with Crippen molar-refractivity contribution in [2.24, 2.45) is 0 Å². The molecule has 1 aliphatic rings. The first-order valence-corrected chi connectivity index (χ1v) is 5.05. The molecule has 1 aromatic rings. The van der Waals surface area contributed by atoms with E-state index in [9.17, 15) is 4.79 Å². The molecule has 86 valence electrons. The maximum Gasteiger partial charge on any atom is 0.306 e. The predicted octanol–water partition coefficient (Wildman–Crippen LogP) is 1.14. The van der Waals surface area contributed by atoms with E-state index in [1.807, 2.05) is 6.07 Å². The lowest BCUT2D eigenvalue weighted by Crippen LogP contribution is -2.25. The minimum atomic E-state index is -0.929. The van der Waals surface area contributed by atoms with Gasteiger partial charge in [-0.15, -0.1) is 0 Å². The fraction of sp³-hybridized carbons (Fsp3) is 0.455. The lowest BCUT2D eigenvalue weighted by molar-refractivity contribution is -0.168. The molecule has 2 atom stereocenters. The van der Waals surface area contributed by atoms with Crippen molar-refractivity contribution in [2.75, 3.05) is 6.61 Å². The van der Waals surface area contributed by atoms with Gasteiger partial charge in [-0.3, -0.25) is 9.78 Å². The molecule has 0 aromatic carbocycles. The molecule has 1 fully saturated rings. The summed E-state index contributed by atoms with van der Waals surface area (Å²) in [5, 5.41) is 8.66. The Balaban J connectivity index is 2.09. The first kappa shape index (κ1) is 11.0. The maximum atomic E-state index is 10.6. The zero-order chi connectivity index (χ0) is 11.6. The third kappa shape index (κ3) is 2.20. The average molecular weight is 223 g/mol. The van der Waals surface area contributed by atoms with Crippen LogP contribution in [-0.2, 0) is 20.1 Å². The van der Waals surface area contributed by atoms with E-state index in [2.05, 4.69) is 4.98 Å². The van der Waals surface area contributed by atoms with Crippen LogP contribution < -0.4 is 0 Å². The highest BCUT2D eigenvalue weighted by molar-refractivity contribution is 5.67. The highest BCUT2D eigenvalue weighted by Gasteiger charge is 2.40. The fourth-order valence-electron chi connectivity index (χ4n) is 1.70. The van der Waals surface area contributed by atoms with Gasteiger partial charge >= 0.3 is 5.97 Å². The number of carboxylic acid groups (broad SMARTS) is 1. The zero-order valence-electron chi connectivity index (χ0n) is 8.92. The predicted molar refractivity (Wildman–Crippen MR) is 54.7 cm³/mol. The van der Waals surface area contributed by atoms with Crippen molar-refractivity contribution in [1.82, 2.24) is 4.98 Å². The van der Waals surface area contributed by atoms with E-state index in [-0.39, 0.29) is 13.0 Å². The lowest BCUT2D eigenvalue weighted by Gasteiger charge is -2.22. The van der Waals surface area contributed by atoms with E-state index in [0.717, 1.165) is 0 Å². The first-order chi connectivity index (χ1) is 7.60. The third-order valence-corrected chi connectivity index (χ3v) is 2.47. The molecule has 2 rings (SSSR count). The summed E-state index contributed by atoms with van der Waals surface area (Å²) in [5.74, 6) is -1.82. The Morgan fingerprint density at radius 1 is 1.69 bits per heavy atom. The number of nitrogens with zero attached hydrogens (tertiary/aromatic N) is 1. The molecule has 1 aliphatic heterocycles. The van der Waals surface area contributed by atoms with Gasteiger partial charge in [0.2, 0.25) is 5.79 Å². The van der Waals surface area contributed by atoms with Crippen LogP contribution in [0.5, 0.6) is 0 Å². The van der Waals surface area contributed by atoms with Crippen LogP contribution in [0, 0.1) is 0 Å². The van der Waals surface area contributed by atoms with E-state index < -0.39 is 17.9 Å². The molecule has 1 N–H and O–H groups in total. The summed E-state index contributed by atoms with van der Waals surface area (Å²) >= 11 is 0. The maximum absolute atomic E-state index is 10.6. The number of carbonyl (C=O) groups is 1. The van der Waals surface area contributed by atoms with Crippen LogP contribution >= 0.6 is 0 Å². The topological polar surface area (TPSA) is 68.7 Å². The molecule has 0 bridgehead atoms. The monoisotopic (exact) mass is 223 g/mol. The first-order valence-electron chi connectivity index (χ1n) is 5.05. The lowest BCUT2D eigenvalue weighted by atomic mass is 10.2. The van der Waals surface area contributed by atoms with Gasteiger partial charge in [0.25, 0.3) is 0 Å². The van der Waals surface area contributed by atoms with Crippen molar-refractivity contribution in [3.8, 4) is 0 Å². The molecule has 0 spiro atoms. The van der Waals surface area contributed by atoms with Gasteiger partial charge in [-0.25, -0.2) is 0 Å². The summed E-state index contributed by atoms with van der Waals surface area (Å²) in [6, 6.07) is 5.44. The Kier molecular flexibility index (Phi) is 2.89. The van der Waals surface area contributed by atoms with Crippen molar-refractivity contribution in [2.45, 2.75) is 25.2 Å². The molecule has 0 radical (unpaired) electrons. The van der Waals surface area contributed by atoms with Crippen molar-refractivity contribution in [3.63, 3.8) is 0 Å². The van der Waals surface area contributed by atoms with Gasteiger partial charge in [-0.2, -0.15) is 0 Å². The molecule has 2 heterocycles. The van der Waals surface area contributed by atoms with Gasteiger partial charge in [-0.1, -0.05) is 6.07 Å². The van der Waals surface area contributed by atoms with Crippen LogP contribution in [0.2, 0.25) is 0 Å². The molecule has 2 unspecified atom stereocenters. The zero-order valence-corrected chi connectivity index (χ0v) is 8.92. The second kappa shape index (κ2) is 4.19. The number of aliphatic carboxylic acids is 1. The molecule has 1 aromatic heterocycles. The van der Waals surface area contributed by atoms with E-state index in [1.165, 1.54) is 0 Å². The number of aromatic nitrogens is 1. The minimum Gasteiger partial charge on any atom is -0.481 e. The molecule has 5 nitrogen and oxygen atoms in total. The van der Waals surface area contributed by atoms with Crippen LogP contribution in [0.1, 0.15) is 19.0 Å². The largest absolute Gasteiger partial charge is 0.481 e. The minimum absolute atomic E-state index is 0.0532. The smallest absolute Gasteiger partial charge is 0.306 e. The Hall–Kier alpha value is -1.46. The summed E-state index contributed by atoms with van der Waals surface area (Å²) < 4.78 is 11.1. The number of pyridine rings is 1. The number of rotatable bonds is 3. The molecular weight excluding hydrogens is 210 g/mol. The molecule has 1 saturated heterocycles. The summed E-state index contributed by atoms with van der Waals surface area (Å²) in [5.41, 5.74) is 0.655. The number of ether oxygens (including phenoxy) is 2. The van der Waals surface area contributed by atoms with Crippen LogP contribution in [0.4, 0.5) is 0 Å². The van der Waals surface area contributed by atoms with Crippen molar-refractivity contribution in [3.05, 3.63) is 30.1 Å². The summed E-state index contributed by atoms with van der Waals surface area (Å²) in [6.45, 7) is 2.02. The van der Waals surface area contributed by atoms with Crippen molar-refractivity contribution in [1.29, 1.82) is 0 Å². The highest BCUT2D eigenvalue weighted by Crippen LogP contribution is 2.33. The van der Waals surface area contributed by atoms with E-state index >= 15 is 0 Å². The third-order valence-electron chi connectivity index (χ3n) is 2.47. The highest BCUT2D eigenvalue weighted by atomic mass is 16.7. The molecule has 5 heteroatoms. The Bertz CT molecular complexity index is 381. The Labute approximate surface area is 93.0 Å². The van der Waals surface area contributed by atoms with E-state index in [4.69, 9.17) is 14.6 Å². The van der Waals surface area contributed by atoms with Gasteiger partial charge in [0.05, 0.1) is 24.8 Å². The van der Waals surface area contributed by atoms with Crippen LogP contribution in [0.15, 0.2) is 24.4 Å². The number of hydrogen-bond donors (Lipinski definition) is 1. The van der Waals surface area contributed by atoms with E-state index in [1.54, 1.807) is 25.3 Å². The SMILES string of the molecule is CC1(c2ccccn2)OCC(CC(=O)O)O1. The number of hydrogen-bond acceptors (Lipinski definition) is 4. The van der Waals surface area contributed by atoms with Crippen molar-refractivity contribution < 1.29 is 19.4 Å². The van der Waals surface area contributed by atoms with Crippen LogP contribution in [0.3, 0.4) is 0 Å². The summed E-state index contributed by atoms with van der Waals surface area (Å²) in [7, 11) is 0. The fourth-order valence-corrected chi connectivity index (χ4v) is 1.70. The van der Waals surface area contributed by atoms with Crippen molar-refractivity contribution >= 4 is 5.97 Å². The average Bonchev–Trinajstić information content (AvgIpc) is 2.62. The standard InChI is InChI=1S/C11H13NO4/c1-11(9-4-2-3-5-12-9)15-7-8(16-11)6-10(13)14/h2-5,8H,6-7H2,1H3,(H,13,14). The molecule has 16 heavy (non-hydrogen) atoms. The molecule has 0 saturated carbocycles. The van der Waals surface area contributed by atoms with Gasteiger partial charge in [0.1, 0.15) is 0 Å². The second-order valence-corrected chi connectivity index (χ2v) is 3.81. The van der Waals surface area contributed by atoms with Gasteiger partial charge in [-0.05, 0) is 19.1 Å². The summed E-state index contributed by atoms with van der Waals surface area (Å²) in [4.78, 5) is 14.7. The quantitative estimate of drug-likeness (QED) is 0.832. The van der Waals surface area contributed by atoms with Gasteiger partial charge in [0.15, 0.2) is 0 Å². The van der Waals surface area contributed by atoms with Crippen LogP contribution in [-0.4, -0.2) is 28.8 Å². The second-order valence-electron chi connectivity index (χ2n) is 3.81.